The van der Waals surface area contributed by atoms with Crippen LogP contribution in [0.25, 0.3) is 11.1 Å². The Morgan fingerprint density at radius 3 is 2.61 bits per heavy atom. The Balaban J connectivity index is 1.86. The largest absolute Gasteiger partial charge is 0.491 e. The van der Waals surface area contributed by atoms with Gasteiger partial charge in [0.2, 0.25) is 5.91 Å². The summed E-state index contributed by atoms with van der Waals surface area (Å²) >= 11 is 6.29. The highest BCUT2D eigenvalue weighted by molar-refractivity contribution is 6.33. The molecule has 3 aromatic rings. The number of alkyl halides is 3. The minimum Gasteiger partial charge on any atom is -0.491 e. The highest BCUT2D eigenvalue weighted by atomic mass is 35.5. The van der Waals surface area contributed by atoms with Crippen LogP contribution in [0.2, 0.25) is 5.02 Å². The Labute approximate surface area is 221 Å². The molecule has 0 fully saturated rings. The number of hydrogen-bond donors (Lipinski definition) is 2. The van der Waals surface area contributed by atoms with Gasteiger partial charge in [-0.25, -0.2) is 0 Å². The van der Waals surface area contributed by atoms with Crippen molar-refractivity contribution in [2.24, 2.45) is 5.73 Å². The minimum atomic E-state index is -4.72. The van der Waals surface area contributed by atoms with Crippen LogP contribution in [0.3, 0.4) is 0 Å². The normalized spacial score (nSPS) is 11.0. The van der Waals surface area contributed by atoms with E-state index in [0.717, 1.165) is 6.20 Å². The quantitative estimate of drug-likeness (QED) is 0.411. The lowest BCUT2D eigenvalue weighted by Gasteiger charge is -2.21. The maximum atomic E-state index is 13.4. The zero-order chi connectivity index (χ0) is 27.9. The second kappa shape index (κ2) is 12.4. The van der Waals surface area contributed by atoms with E-state index in [9.17, 15) is 28.0 Å². The lowest BCUT2D eigenvalue weighted by atomic mass is 9.99. The van der Waals surface area contributed by atoms with Gasteiger partial charge in [0.1, 0.15) is 11.4 Å². The van der Waals surface area contributed by atoms with E-state index in [-0.39, 0.29) is 46.2 Å². The Hall–Kier alpha value is -4.14. The molecule has 198 valence electrons. The maximum Gasteiger partial charge on any atom is 0.433 e. The summed E-state index contributed by atoms with van der Waals surface area (Å²) in [5.74, 6) is -0.332. The van der Waals surface area contributed by atoms with Gasteiger partial charge in [0.25, 0.3) is 5.91 Å². The molecular weight excluding hydrogens is 523 g/mol. The standard InChI is InChI=1S/C26H23ClF3N5O3/c1-35(21-4-2-3-5-22(21)38-11-8-24(36)33-10-9-31)25(37)16-6-7-20(27)18(12-16)19-15-34-23(26(28,29)30)13-17(19)14-32/h2-7,12-13,15H,8-11,31H2,1H3,(H,33,36). The van der Waals surface area contributed by atoms with Gasteiger partial charge in [0, 0.05) is 48.0 Å². The lowest BCUT2D eigenvalue weighted by Crippen LogP contribution is -2.30. The van der Waals surface area contributed by atoms with Gasteiger partial charge in [-0.1, -0.05) is 23.7 Å². The molecule has 0 unspecified atom stereocenters. The molecule has 3 rings (SSSR count). The molecule has 0 spiro atoms. The first-order valence-corrected chi connectivity index (χ1v) is 11.7. The average Bonchev–Trinajstić information content (AvgIpc) is 2.90. The number of carbonyl (C=O) groups is 2. The number of anilines is 1. The van der Waals surface area contributed by atoms with Gasteiger partial charge in [0.15, 0.2) is 0 Å². The third-order valence-corrected chi connectivity index (χ3v) is 5.73. The number of nitrogens with one attached hydrogen (secondary N) is 1. The summed E-state index contributed by atoms with van der Waals surface area (Å²) in [7, 11) is 1.52. The predicted molar refractivity (Wildman–Crippen MR) is 136 cm³/mol. The molecule has 2 amide bonds. The van der Waals surface area contributed by atoms with Gasteiger partial charge in [-0.2, -0.15) is 18.4 Å². The van der Waals surface area contributed by atoms with Crippen LogP contribution in [0.5, 0.6) is 5.75 Å². The molecule has 12 heteroatoms. The van der Waals surface area contributed by atoms with Gasteiger partial charge in [0.05, 0.1) is 30.3 Å². The second-order valence-electron chi connectivity index (χ2n) is 7.99. The van der Waals surface area contributed by atoms with Gasteiger partial charge >= 0.3 is 6.18 Å². The average molecular weight is 546 g/mol. The van der Waals surface area contributed by atoms with Crippen LogP contribution < -0.4 is 20.7 Å². The molecule has 1 aromatic heterocycles. The van der Waals surface area contributed by atoms with Crippen molar-refractivity contribution in [3.05, 3.63) is 76.6 Å². The molecule has 2 aromatic carbocycles. The van der Waals surface area contributed by atoms with E-state index in [0.29, 0.717) is 30.6 Å². The zero-order valence-electron chi connectivity index (χ0n) is 20.2. The van der Waals surface area contributed by atoms with E-state index >= 15 is 0 Å². The molecule has 0 atom stereocenters. The van der Waals surface area contributed by atoms with Crippen LogP contribution in [0.4, 0.5) is 18.9 Å². The zero-order valence-corrected chi connectivity index (χ0v) is 20.9. The molecule has 8 nitrogen and oxygen atoms in total. The predicted octanol–water partition coefficient (Wildman–Crippen LogP) is 4.41. The Morgan fingerprint density at radius 1 is 1.18 bits per heavy atom. The van der Waals surface area contributed by atoms with Gasteiger partial charge in [-0.3, -0.25) is 14.6 Å². The molecule has 0 saturated heterocycles. The van der Waals surface area contributed by atoms with E-state index in [2.05, 4.69) is 10.3 Å². The summed E-state index contributed by atoms with van der Waals surface area (Å²) < 4.78 is 44.9. The van der Waals surface area contributed by atoms with Crippen LogP contribution in [-0.2, 0) is 11.0 Å². The van der Waals surface area contributed by atoms with Crippen molar-refractivity contribution in [2.75, 3.05) is 31.6 Å². The van der Waals surface area contributed by atoms with Crippen molar-refractivity contribution < 1.29 is 27.5 Å². The van der Waals surface area contributed by atoms with Crippen LogP contribution >= 0.6 is 11.6 Å². The number of nitriles is 1. The van der Waals surface area contributed by atoms with E-state index in [1.54, 1.807) is 30.3 Å². The molecule has 0 bridgehead atoms. The van der Waals surface area contributed by atoms with Crippen LogP contribution in [-0.4, -0.2) is 43.5 Å². The SMILES string of the molecule is CN(C(=O)c1ccc(Cl)c(-c2cnc(C(F)(F)F)cc2C#N)c1)c1ccccc1OCCC(=O)NCCN. The monoisotopic (exact) mass is 545 g/mol. The number of nitrogens with two attached hydrogens (primary N) is 1. The first kappa shape index (κ1) is 28.4. The van der Waals surface area contributed by atoms with Gasteiger partial charge in [-0.15, -0.1) is 0 Å². The summed E-state index contributed by atoms with van der Waals surface area (Å²) in [6.45, 7) is 0.745. The molecule has 0 aliphatic carbocycles. The third kappa shape index (κ3) is 6.79. The van der Waals surface area contributed by atoms with Crippen molar-refractivity contribution >= 4 is 29.1 Å². The number of pyridine rings is 1. The number of amides is 2. The first-order chi connectivity index (χ1) is 18.1. The number of hydrogen-bond acceptors (Lipinski definition) is 6. The molecule has 3 N–H and O–H groups in total. The number of rotatable bonds is 9. The molecule has 0 aliphatic rings. The molecule has 0 aliphatic heterocycles. The molecule has 1 heterocycles. The third-order valence-electron chi connectivity index (χ3n) is 5.40. The molecular formula is C26H23ClF3N5O3. The smallest absolute Gasteiger partial charge is 0.433 e. The number of para-hydroxylation sites is 2. The fraction of sp³-hybridized carbons (Fsp3) is 0.231. The number of carbonyl (C=O) groups excluding carboxylic acids is 2. The molecule has 0 radical (unpaired) electrons. The lowest BCUT2D eigenvalue weighted by molar-refractivity contribution is -0.141. The van der Waals surface area contributed by atoms with Crippen molar-refractivity contribution in [3.8, 4) is 22.9 Å². The Bertz CT molecular complexity index is 1370. The number of ether oxygens (including phenoxy) is 1. The van der Waals surface area contributed by atoms with Crippen molar-refractivity contribution in [3.63, 3.8) is 0 Å². The number of benzene rings is 2. The summed E-state index contributed by atoms with van der Waals surface area (Å²) in [5, 5.41) is 12.2. The van der Waals surface area contributed by atoms with Gasteiger partial charge < -0.3 is 20.7 Å². The van der Waals surface area contributed by atoms with E-state index in [4.69, 9.17) is 22.1 Å². The molecule has 0 saturated carbocycles. The van der Waals surface area contributed by atoms with Crippen LogP contribution in [0.15, 0.2) is 54.7 Å². The van der Waals surface area contributed by atoms with Crippen molar-refractivity contribution in [2.45, 2.75) is 12.6 Å². The van der Waals surface area contributed by atoms with Gasteiger partial charge in [-0.05, 0) is 36.4 Å². The molecule has 38 heavy (non-hydrogen) atoms. The van der Waals surface area contributed by atoms with E-state index in [1.165, 1.54) is 30.1 Å². The van der Waals surface area contributed by atoms with E-state index in [1.807, 2.05) is 0 Å². The number of halogens is 4. The Kier molecular flexibility index (Phi) is 9.28. The van der Waals surface area contributed by atoms with Crippen molar-refractivity contribution in [1.29, 1.82) is 5.26 Å². The summed E-state index contributed by atoms with van der Waals surface area (Å²) in [6, 6.07) is 13.4. The maximum absolute atomic E-state index is 13.4. The summed E-state index contributed by atoms with van der Waals surface area (Å²) in [6.07, 6.45) is -3.72. The highest BCUT2D eigenvalue weighted by Gasteiger charge is 2.33. The van der Waals surface area contributed by atoms with Crippen molar-refractivity contribution in [1.82, 2.24) is 10.3 Å². The highest BCUT2D eigenvalue weighted by Crippen LogP contribution is 2.35. The summed E-state index contributed by atoms with van der Waals surface area (Å²) in [5.41, 5.74) is 4.67. The van der Waals surface area contributed by atoms with Crippen LogP contribution in [0, 0.1) is 11.3 Å². The minimum absolute atomic E-state index is 0.0550. The Morgan fingerprint density at radius 2 is 1.92 bits per heavy atom. The van der Waals surface area contributed by atoms with Crippen LogP contribution in [0.1, 0.15) is 28.0 Å². The summed E-state index contributed by atoms with van der Waals surface area (Å²) in [4.78, 5) is 29.9. The number of aromatic nitrogens is 1. The van der Waals surface area contributed by atoms with E-state index < -0.39 is 17.8 Å². The second-order valence-corrected chi connectivity index (χ2v) is 8.40. The topological polar surface area (TPSA) is 121 Å². The first-order valence-electron chi connectivity index (χ1n) is 11.3. The fourth-order valence-corrected chi connectivity index (χ4v) is 3.71. The number of nitrogens with zero attached hydrogens (tertiary/aromatic N) is 3. The fourth-order valence-electron chi connectivity index (χ4n) is 3.50.